The second-order valence-electron chi connectivity index (χ2n) is 10.4. The number of carbonyl (C=O) groups is 1. The van der Waals surface area contributed by atoms with Gasteiger partial charge in [0.2, 0.25) is 5.95 Å². The molecule has 5 rings (SSSR count). The number of carbonyl (C=O) groups excluding carboxylic acids is 1. The Morgan fingerprint density at radius 1 is 1.05 bits per heavy atom. The number of halogens is 3. The largest absolute Gasteiger partial charge is 0.492 e. The molecule has 3 N–H and O–H groups in total. The topological polar surface area (TPSA) is 96.6 Å². The maximum Gasteiger partial charge on any atom is 0.416 e. The van der Waals surface area contributed by atoms with Crippen LogP contribution in [0.1, 0.15) is 27.9 Å². The molecule has 1 amide bonds. The molecule has 214 valence electrons. The highest BCUT2D eigenvalue weighted by atomic mass is 19.4. The summed E-state index contributed by atoms with van der Waals surface area (Å²) in [7, 11) is 5.71. The number of rotatable bonds is 8. The first-order chi connectivity index (χ1) is 19.5. The number of nitrogen functional groups attached to an aromatic ring is 1. The van der Waals surface area contributed by atoms with Crippen molar-refractivity contribution in [3.05, 3.63) is 71.4 Å². The summed E-state index contributed by atoms with van der Waals surface area (Å²) in [4.78, 5) is 25.9. The number of nitrogens with one attached hydrogen (secondary N) is 1. The summed E-state index contributed by atoms with van der Waals surface area (Å²) in [6.07, 6.45) is -1.52. The Balaban J connectivity index is 1.50. The molecule has 0 unspecified atom stereocenters. The van der Waals surface area contributed by atoms with E-state index in [2.05, 4.69) is 15.3 Å². The fourth-order valence-corrected chi connectivity index (χ4v) is 4.95. The van der Waals surface area contributed by atoms with Crippen LogP contribution in [0.4, 0.5) is 30.5 Å². The molecule has 1 aliphatic rings. The number of alkyl halides is 3. The van der Waals surface area contributed by atoms with Gasteiger partial charge >= 0.3 is 6.18 Å². The van der Waals surface area contributed by atoms with Crippen LogP contribution in [0.25, 0.3) is 22.0 Å². The number of anilines is 3. The van der Waals surface area contributed by atoms with Crippen molar-refractivity contribution in [2.45, 2.75) is 19.0 Å². The number of ether oxygens (including phenoxy) is 1. The number of hydrogen-bond donors (Lipinski definition) is 2. The first-order valence-corrected chi connectivity index (χ1v) is 13.2. The Labute approximate surface area is 235 Å². The van der Waals surface area contributed by atoms with Gasteiger partial charge in [0.25, 0.3) is 5.91 Å². The monoisotopic (exact) mass is 564 g/mol. The van der Waals surface area contributed by atoms with Gasteiger partial charge in [0.1, 0.15) is 5.75 Å². The van der Waals surface area contributed by atoms with Crippen LogP contribution < -0.4 is 20.7 Å². The molecule has 0 atom stereocenters. The predicted octanol–water partition coefficient (Wildman–Crippen LogP) is 5.47. The molecule has 4 aromatic rings. The number of aromatic nitrogens is 2. The van der Waals surface area contributed by atoms with E-state index in [0.29, 0.717) is 36.5 Å². The zero-order valence-corrected chi connectivity index (χ0v) is 23.0. The molecule has 0 saturated heterocycles. The van der Waals surface area contributed by atoms with Crippen LogP contribution >= 0.6 is 0 Å². The van der Waals surface area contributed by atoms with E-state index in [1.165, 1.54) is 6.07 Å². The quantitative estimate of drug-likeness (QED) is 0.293. The van der Waals surface area contributed by atoms with E-state index >= 15 is 0 Å². The van der Waals surface area contributed by atoms with E-state index in [-0.39, 0.29) is 17.2 Å². The summed E-state index contributed by atoms with van der Waals surface area (Å²) in [5.74, 6) is 0.0661. The highest BCUT2D eigenvalue weighted by Crippen LogP contribution is 2.38. The molecule has 1 aromatic heterocycles. The van der Waals surface area contributed by atoms with Gasteiger partial charge in [-0.05, 0) is 86.2 Å². The zero-order valence-electron chi connectivity index (χ0n) is 23.0. The molecule has 0 fully saturated rings. The van der Waals surface area contributed by atoms with Gasteiger partial charge in [-0.2, -0.15) is 13.2 Å². The molecule has 1 aliphatic heterocycles. The van der Waals surface area contributed by atoms with Crippen LogP contribution in [0.5, 0.6) is 5.75 Å². The van der Waals surface area contributed by atoms with Crippen LogP contribution in [0, 0.1) is 0 Å². The van der Waals surface area contributed by atoms with Gasteiger partial charge < -0.3 is 25.6 Å². The average molecular weight is 565 g/mol. The fraction of sp³-hybridized carbons (Fsp3) is 0.300. The third-order valence-electron chi connectivity index (χ3n) is 7.04. The minimum atomic E-state index is -4.56. The molecular weight excluding hydrogens is 533 g/mol. The standard InChI is InChI=1S/C30H31F3N6O2/c1-38(2)10-4-11-39(3)26-8-6-22(30(31,32)33)16-25(26)36-28(40)23-15-20(14-19-9-12-41-27(19)23)18-5-7-24-21(13-18)17-35-29(34)37-24/h5-8,13-17H,4,9-12H2,1-3H3,(H,36,40)(H2,34,35,37). The third-order valence-corrected chi connectivity index (χ3v) is 7.04. The molecular formula is C30H31F3N6O2. The second-order valence-corrected chi connectivity index (χ2v) is 10.4. The van der Waals surface area contributed by atoms with Gasteiger partial charge in [0, 0.05) is 31.6 Å². The number of fused-ring (bicyclic) bond motifs is 2. The molecule has 0 bridgehead atoms. The molecule has 41 heavy (non-hydrogen) atoms. The van der Waals surface area contributed by atoms with Crippen LogP contribution in [0.2, 0.25) is 0 Å². The first-order valence-electron chi connectivity index (χ1n) is 13.2. The summed E-state index contributed by atoms with van der Waals surface area (Å²) in [6.45, 7) is 1.82. The number of nitrogens with zero attached hydrogens (tertiary/aromatic N) is 4. The lowest BCUT2D eigenvalue weighted by Gasteiger charge is -2.24. The molecule has 2 heterocycles. The second kappa shape index (κ2) is 11.2. The highest BCUT2D eigenvalue weighted by Gasteiger charge is 2.32. The van der Waals surface area contributed by atoms with E-state index in [1.807, 2.05) is 48.2 Å². The first kappa shape index (κ1) is 28.2. The van der Waals surface area contributed by atoms with Gasteiger partial charge in [0.05, 0.1) is 34.6 Å². The van der Waals surface area contributed by atoms with Gasteiger partial charge in [-0.1, -0.05) is 6.07 Å². The molecule has 0 radical (unpaired) electrons. The number of benzene rings is 3. The summed E-state index contributed by atoms with van der Waals surface area (Å²) in [5.41, 5.74) is 8.82. The van der Waals surface area contributed by atoms with Gasteiger partial charge in [-0.25, -0.2) is 9.97 Å². The van der Waals surface area contributed by atoms with E-state index in [1.54, 1.807) is 19.3 Å². The van der Waals surface area contributed by atoms with E-state index in [0.717, 1.165) is 47.2 Å². The van der Waals surface area contributed by atoms with E-state index in [9.17, 15) is 18.0 Å². The maximum absolute atomic E-state index is 13.7. The number of hydrogen-bond acceptors (Lipinski definition) is 7. The van der Waals surface area contributed by atoms with Crippen molar-refractivity contribution < 1.29 is 22.7 Å². The fourth-order valence-electron chi connectivity index (χ4n) is 4.95. The van der Waals surface area contributed by atoms with Gasteiger partial charge in [-0.15, -0.1) is 0 Å². The molecule has 11 heteroatoms. The summed E-state index contributed by atoms with van der Waals surface area (Å²) < 4.78 is 46.7. The van der Waals surface area contributed by atoms with Crippen LogP contribution in [0.15, 0.2) is 54.7 Å². The predicted molar refractivity (Wildman–Crippen MR) is 154 cm³/mol. The normalized spacial score (nSPS) is 12.9. The summed E-state index contributed by atoms with van der Waals surface area (Å²) in [5, 5.41) is 3.54. The molecule has 0 spiro atoms. The Hall–Kier alpha value is -4.38. The SMILES string of the molecule is CN(C)CCCN(C)c1ccc(C(F)(F)F)cc1NC(=O)c1cc(-c2ccc3nc(N)ncc3c2)cc2c1OCC2. The molecule has 0 aliphatic carbocycles. The maximum atomic E-state index is 13.7. The molecule has 8 nitrogen and oxygen atoms in total. The van der Waals surface area contributed by atoms with E-state index < -0.39 is 17.6 Å². The molecule has 3 aromatic carbocycles. The van der Waals surface area contributed by atoms with E-state index in [4.69, 9.17) is 10.5 Å². The van der Waals surface area contributed by atoms with Crippen LogP contribution in [-0.4, -0.2) is 61.6 Å². The zero-order chi connectivity index (χ0) is 29.3. The lowest BCUT2D eigenvalue weighted by molar-refractivity contribution is -0.137. The van der Waals surface area contributed by atoms with Gasteiger partial charge in [0.15, 0.2) is 0 Å². The number of nitrogens with two attached hydrogens (primary N) is 1. The average Bonchev–Trinajstić information content (AvgIpc) is 3.40. The Kier molecular flexibility index (Phi) is 7.72. The van der Waals surface area contributed by atoms with Crippen molar-refractivity contribution in [3.8, 4) is 16.9 Å². The third kappa shape index (κ3) is 6.19. The van der Waals surface area contributed by atoms with Crippen molar-refractivity contribution in [2.24, 2.45) is 0 Å². The summed E-state index contributed by atoms with van der Waals surface area (Å²) >= 11 is 0. The van der Waals surface area contributed by atoms with Crippen molar-refractivity contribution in [3.63, 3.8) is 0 Å². The van der Waals surface area contributed by atoms with Crippen LogP contribution in [-0.2, 0) is 12.6 Å². The lowest BCUT2D eigenvalue weighted by Crippen LogP contribution is -2.25. The smallest absolute Gasteiger partial charge is 0.416 e. The van der Waals surface area contributed by atoms with Crippen molar-refractivity contribution in [1.29, 1.82) is 0 Å². The summed E-state index contributed by atoms with van der Waals surface area (Å²) in [6, 6.07) is 12.7. The van der Waals surface area contributed by atoms with Crippen molar-refractivity contribution in [1.82, 2.24) is 14.9 Å². The van der Waals surface area contributed by atoms with Gasteiger partial charge in [-0.3, -0.25) is 4.79 Å². The Bertz CT molecular complexity index is 1610. The van der Waals surface area contributed by atoms with Crippen molar-refractivity contribution >= 4 is 34.1 Å². The Morgan fingerprint density at radius 3 is 2.61 bits per heavy atom. The highest BCUT2D eigenvalue weighted by molar-refractivity contribution is 6.09. The van der Waals surface area contributed by atoms with Crippen molar-refractivity contribution in [2.75, 3.05) is 56.8 Å². The lowest BCUT2D eigenvalue weighted by atomic mass is 9.97. The molecule has 0 saturated carbocycles. The minimum Gasteiger partial charge on any atom is -0.492 e. The van der Waals surface area contributed by atoms with Crippen LogP contribution in [0.3, 0.4) is 0 Å². The Morgan fingerprint density at radius 2 is 1.85 bits per heavy atom. The minimum absolute atomic E-state index is 0.0785. The number of amides is 1.